The third-order valence-corrected chi connectivity index (χ3v) is 4.16. The first kappa shape index (κ1) is 11.5. The lowest BCUT2D eigenvalue weighted by Crippen LogP contribution is -2.10. The minimum absolute atomic E-state index is 0.612. The summed E-state index contributed by atoms with van der Waals surface area (Å²) in [6.45, 7) is 2.21. The molecule has 0 aliphatic heterocycles. The van der Waals surface area contributed by atoms with E-state index in [1.54, 1.807) is 11.1 Å². The summed E-state index contributed by atoms with van der Waals surface area (Å²) in [5, 5.41) is 0. The normalized spacial score (nSPS) is 18.4. The monoisotopic (exact) mass is 236 g/mol. The van der Waals surface area contributed by atoms with Gasteiger partial charge in [0.25, 0.3) is 0 Å². The molecule has 0 heteroatoms. The Morgan fingerprint density at radius 3 is 2.56 bits per heavy atom. The van der Waals surface area contributed by atoms with E-state index in [0.29, 0.717) is 5.92 Å². The zero-order valence-corrected chi connectivity index (χ0v) is 11.0. The van der Waals surface area contributed by atoms with Crippen LogP contribution >= 0.6 is 0 Å². The average molecular weight is 236 g/mol. The van der Waals surface area contributed by atoms with E-state index in [-0.39, 0.29) is 0 Å². The average Bonchev–Trinajstić information content (AvgIpc) is 2.47. The van der Waals surface area contributed by atoms with Crippen molar-refractivity contribution >= 4 is 0 Å². The third kappa shape index (κ3) is 2.08. The first-order valence-corrected chi connectivity index (χ1v) is 7.05. The number of benzene rings is 2. The standard InChI is InChI=1S/C18H20/c1-2-14-10-12-16(13-11-14)18-9-5-7-15-6-3-4-8-17(15)18/h3-4,6,8,10-13,18H,2,5,7,9H2,1H3. The number of fused-ring (bicyclic) bond motifs is 1. The van der Waals surface area contributed by atoms with Crippen molar-refractivity contribution in [1.82, 2.24) is 0 Å². The summed E-state index contributed by atoms with van der Waals surface area (Å²) < 4.78 is 0. The second-order valence-corrected chi connectivity index (χ2v) is 5.24. The highest BCUT2D eigenvalue weighted by molar-refractivity contribution is 5.40. The molecule has 2 aromatic rings. The predicted molar refractivity (Wildman–Crippen MR) is 77.0 cm³/mol. The molecular weight excluding hydrogens is 216 g/mol. The molecule has 18 heavy (non-hydrogen) atoms. The van der Waals surface area contributed by atoms with Gasteiger partial charge in [-0.25, -0.2) is 0 Å². The fourth-order valence-corrected chi connectivity index (χ4v) is 3.09. The van der Waals surface area contributed by atoms with E-state index in [0.717, 1.165) is 6.42 Å². The summed E-state index contributed by atoms with van der Waals surface area (Å²) in [4.78, 5) is 0. The van der Waals surface area contributed by atoms with Crippen LogP contribution in [-0.4, -0.2) is 0 Å². The number of rotatable bonds is 2. The Balaban J connectivity index is 1.97. The van der Waals surface area contributed by atoms with Crippen molar-refractivity contribution in [3.05, 3.63) is 70.8 Å². The van der Waals surface area contributed by atoms with Crippen LogP contribution in [0.5, 0.6) is 0 Å². The first-order chi connectivity index (χ1) is 8.88. The maximum absolute atomic E-state index is 2.33. The fourth-order valence-electron chi connectivity index (χ4n) is 3.09. The molecule has 92 valence electrons. The highest BCUT2D eigenvalue weighted by Gasteiger charge is 2.20. The van der Waals surface area contributed by atoms with Crippen LogP contribution in [0, 0.1) is 0 Å². The van der Waals surface area contributed by atoms with Gasteiger partial charge in [0.1, 0.15) is 0 Å². The van der Waals surface area contributed by atoms with Gasteiger partial charge in [-0.3, -0.25) is 0 Å². The summed E-state index contributed by atoms with van der Waals surface area (Å²) in [5.74, 6) is 0.612. The van der Waals surface area contributed by atoms with Crippen LogP contribution in [0.15, 0.2) is 48.5 Å². The topological polar surface area (TPSA) is 0 Å². The molecule has 0 N–H and O–H groups in total. The molecule has 0 bridgehead atoms. The van der Waals surface area contributed by atoms with Crippen LogP contribution in [0.4, 0.5) is 0 Å². The van der Waals surface area contributed by atoms with Gasteiger partial charge in [-0.15, -0.1) is 0 Å². The van der Waals surface area contributed by atoms with Crippen LogP contribution in [0.2, 0.25) is 0 Å². The van der Waals surface area contributed by atoms with Crippen LogP contribution in [-0.2, 0) is 12.8 Å². The summed E-state index contributed by atoms with van der Waals surface area (Å²) in [7, 11) is 0. The molecule has 0 radical (unpaired) electrons. The van der Waals surface area contributed by atoms with Crippen molar-refractivity contribution in [2.75, 3.05) is 0 Å². The van der Waals surface area contributed by atoms with E-state index in [4.69, 9.17) is 0 Å². The molecule has 0 nitrogen and oxygen atoms in total. The molecule has 1 aliphatic carbocycles. The van der Waals surface area contributed by atoms with Gasteiger partial charge < -0.3 is 0 Å². The van der Waals surface area contributed by atoms with Crippen LogP contribution in [0.3, 0.4) is 0 Å². The van der Waals surface area contributed by atoms with Gasteiger partial charge in [0.2, 0.25) is 0 Å². The van der Waals surface area contributed by atoms with E-state index in [1.807, 2.05) is 0 Å². The number of aryl methyl sites for hydroxylation is 2. The highest BCUT2D eigenvalue weighted by Crippen LogP contribution is 2.36. The molecule has 1 unspecified atom stereocenters. The largest absolute Gasteiger partial charge is 0.0620 e. The Morgan fingerprint density at radius 2 is 1.78 bits per heavy atom. The Kier molecular flexibility index (Phi) is 3.19. The lowest BCUT2D eigenvalue weighted by atomic mass is 9.79. The van der Waals surface area contributed by atoms with E-state index >= 15 is 0 Å². The minimum atomic E-state index is 0.612. The second kappa shape index (κ2) is 4.97. The predicted octanol–water partition coefficient (Wildman–Crippen LogP) is 4.72. The summed E-state index contributed by atoms with van der Waals surface area (Å²) in [6.07, 6.45) is 4.99. The summed E-state index contributed by atoms with van der Waals surface area (Å²) >= 11 is 0. The Hall–Kier alpha value is -1.56. The Labute approximate surface area is 110 Å². The van der Waals surface area contributed by atoms with Crippen molar-refractivity contribution in [3.63, 3.8) is 0 Å². The van der Waals surface area contributed by atoms with Crippen molar-refractivity contribution in [1.29, 1.82) is 0 Å². The van der Waals surface area contributed by atoms with Gasteiger partial charge in [-0.2, -0.15) is 0 Å². The van der Waals surface area contributed by atoms with E-state index < -0.39 is 0 Å². The molecule has 1 aliphatic rings. The summed E-state index contributed by atoms with van der Waals surface area (Å²) in [5.41, 5.74) is 6.02. The van der Waals surface area contributed by atoms with Crippen molar-refractivity contribution in [3.8, 4) is 0 Å². The van der Waals surface area contributed by atoms with Gasteiger partial charge in [-0.05, 0) is 47.9 Å². The van der Waals surface area contributed by atoms with Crippen molar-refractivity contribution < 1.29 is 0 Å². The highest BCUT2D eigenvalue weighted by atomic mass is 14.2. The molecule has 2 aromatic carbocycles. The van der Waals surface area contributed by atoms with Crippen LogP contribution in [0.25, 0.3) is 0 Å². The zero-order valence-electron chi connectivity index (χ0n) is 11.0. The molecule has 3 rings (SSSR count). The first-order valence-electron chi connectivity index (χ1n) is 7.05. The molecule has 0 amide bonds. The third-order valence-electron chi connectivity index (χ3n) is 4.16. The molecule has 0 spiro atoms. The molecule has 0 saturated heterocycles. The lowest BCUT2D eigenvalue weighted by Gasteiger charge is -2.26. The number of hydrogen-bond donors (Lipinski definition) is 0. The molecular formula is C18H20. The SMILES string of the molecule is CCc1ccc(C2CCCc3ccccc32)cc1. The number of hydrogen-bond acceptors (Lipinski definition) is 0. The second-order valence-electron chi connectivity index (χ2n) is 5.24. The Morgan fingerprint density at radius 1 is 1.00 bits per heavy atom. The van der Waals surface area contributed by atoms with E-state index in [1.165, 1.54) is 30.4 Å². The Bertz CT molecular complexity index is 522. The van der Waals surface area contributed by atoms with Crippen molar-refractivity contribution in [2.45, 2.75) is 38.5 Å². The van der Waals surface area contributed by atoms with E-state index in [2.05, 4.69) is 55.5 Å². The molecule has 0 fully saturated rings. The summed E-state index contributed by atoms with van der Waals surface area (Å²) in [6, 6.07) is 18.2. The maximum Gasteiger partial charge on any atom is 0.00921 e. The van der Waals surface area contributed by atoms with Gasteiger partial charge >= 0.3 is 0 Å². The zero-order chi connectivity index (χ0) is 12.4. The van der Waals surface area contributed by atoms with Crippen LogP contribution < -0.4 is 0 Å². The minimum Gasteiger partial charge on any atom is -0.0620 e. The quantitative estimate of drug-likeness (QED) is 0.708. The van der Waals surface area contributed by atoms with E-state index in [9.17, 15) is 0 Å². The van der Waals surface area contributed by atoms with Gasteiger partial charge in [0, 0.05) is 5.92 Å². The van der Waals surface area contributed by atoms with Crippen LogP contribution in [0.1, 0.15) is 47.9 Å². The van der Waals surface area contributed by atoms with Gasteiger partial charge in [-0.1, -0.05) is 55.5 Å². The smallest absolute Gasteiger partial charge is 0.00921 e. The molecule has 0 saturated carbocycles. The molecule has 1 atom stereocenters. The molecule has 0 heterocycles. The lowest BCUT2D eigenvalue weighted by molar-refractivity contribution is 0.616. The fraction of sp³-hybridized carbons (Fsp3) is 0.333. The maximum atomic E-state index is 2.33. The molecule has 0 aromatic heterocycles. The van der Waals surface area contributed by atoms with Gasteiger partial charge in [0.15, 0.2) is 0 Å². The van der Waals surface area contributed by atoms with Gasteiger partial charge in [0.05, 0.1) is 0 Å². The van der Waals surface area contributed by atoms with Crippen molar-refractivity contribution in [2.24, 2.45) is 0 Å².